The maximum Gasteiger partial charge on any atom is 0.0514 e. The second-order valence-corrected chi connectivity index (χ2v) is 7.08. The molecule has 0 spiro atoms. The van der Waals surface area contributed by atoms with Crippen molar-refractivity contribution in [1.82, 2.24) is 4.90 Å². The Morgan fingerprint density at radius 1 is 1.04 bits per heavy atom. The smallest absolute Gasteiger partial charge is 0.0514 e. The highest BCUT2D eigenvalue weighted by Crippen LogP contribution is 2.36. The summed E-state index contributed by atoms with van der Waals surface area (Å²) in [5.41, 5.74) is 4.05. The normalized spacial score (nSPS) is 21.4. The number of fused-ring (bicyclic) bond motifs is 1. The Labute approximate surface area is 139 Å². The van der Waals surface area contributed by atoms with Crippen LogP contribution in [0.4, 0.5) is 0 Å². The third kappa shape index (κ3) is 3.65. The zero-order valence-corrected chi connectivity index (χ0v) is 14.2. The first kappa shape index (κ1) is 16.2. The lowest BCUT2D eigenvalue weighted by molar-refractivity contribution is 0.0887. The van der Waals surface area contributed by atoms with E-state index in [-0.39, 0.29) is 12.5 Å². The maximum atomic E-state index is 10.1. The highest BCUT2D eigenvalue weighted by Gasteiger charge is 2.34. The van der Waals surface area contributed by atoms with Gasteiger partial charge in [0.05, 0.1) is 6.61 Å². The topological polar surface area (TPSA) is 23.5 Å². The van der Waals surface area contributed by atoms with Gasteiger partial charge < -0.3 is 5.11 Å². The molecule has 0 amide bonds. The SMILES string of the molecule is CC(C)C[C@H]1[C@@H](CO)c2ccccc2CN1Cc1ccccc1. The number of rotatable bonds is 5. The second kappa shape index (κ2) is 7.29. The van der Waals surface area contributed by atoms with Crippen LogP contribution in [0.5, 0.6) is 0 Å². The molecule has 1 aliphatic heterocycles. The number of aliphatic hydroxyl groups excluding tert-OH is 1. The van der Waals surface area contributed by atoms with Crippen LogP contribution in [0.1, 0.15) is 42.9 Å². The van der Waals surface area contributed by atoms with Gasteiger partial charge in [-0.25, -0.2) is 0 Å². The van der Waals surface area contributed by atoms with E-state index in [2.05, 4.69) is 73.3 Å². The highest BCUT2D eigenvalue weighted by atomic mass is 16.3. The largest absolute Gasteiger partial charge is 0.396 e. The van der Waals surface area contributed by atoms with Crippen molar-refractivity contribution >= 4 is 0 Å². The van der Waals surface area contributed by atoms with Crippen LogP contribution in [-0.2, 0) is 13.1 Å². The van der Waals surface area contributed by atoms with Gasteiger partial charge in [-0.05, 0) is 29.0 Å². The van der Waals surface area contributed by atoms with Gasteiger partial charge in [-0.3, -0.25) is 4.90 Å². The molecule has 1 N–H and O–H groups in total. The zero-order valence-electron chi connectivity index (χ0n) is 14.2. The lowest BCUT2D eigenvalue weighted by atomic mass is 9.80. The number of hydrogen-bond acceptors (Lipinski definition) is 2. The fourth-order valence-corrected chi connectivity index (χ4v) is 3.85. The molecule has 3 rings (SSSR count). The van der Waals surface area contributed by atoms with Crippen LogP contribution in [0.25, 0.3) is 0 Å². The molecular weight excluding hydrogens is 282 g/mol. The fourth-order valence-electron chi connectivity index (χ4n) is 3.85. The van der Waals surface area contributed by atoms with Crippen molar-refractivity contribution in [3.05, 3.63) is 71.3 Å². The van der Waals surface area contributed by atoms with Gasteiger partial charge in [-0.1, -0.05) is 68.4 Å². The lowest BCUT2D eigenvalue weighted by Gasteiger charge is -2.43. The van der Waals surface area contributed by atoms with Crippen LogP contribution in [0.15, 0.2) is 54.6 Å². The molecular formula is C21H27NO. The summed E-state index contributed by atoms with van der Waals surface area (Å²) in [6.45, 7) is 6.69. The molecule has 122 valence electrons. The van der Waals surface area contributed by atoms with Crippen LogP contribution in [0, 0.1) is 5.92 Å². The van der Waals surface area contributed by atoms with E-state index in [9.17, 15) is 5.11 Å². The predicted octanol–water partition coefficient (Wildman–Crippen LogP) is 4.19. The molecule has 0 radical (unpaired) electrons. The molecule has 0 aromatic heterocycles. The van der Waals surface area contributed by atoms with Crippen LogP contribution in [0.2, 0.25) is 0 Å². The number of hydrogen-bond donors (Lipinski definition) is 1. The molecule has 0 aliphatic carbocycles. The summed E-state index contributed by atoms with van der Waals surface area (Å²) >= 11 is 0. The Kier molecular flexibility index (Phi) is 5.14. The molecule has 0 fully saturated rings. The molecule has 2 atom stereocenters. The Balaban J connectivity index is 1.92. The summed E-state index contributed by atoms with van der Waals surface area (Å²) in [5.74, 6) is 0.837. The van der Waals surface area contributed by atoms with Crippen molar-refractivity contribution in [2.45, 2.75) is 45.3 Å². The van der Waals surface area contributed by atoms with Gasteiger partial charge in [0, 0.05) is 25.0 Å². The van der Waals surface area contributed by atoms with Crippen molar-refractivity contribution in [3.8, 4) is 0 Å². The van der Waals surface area contributed by atoms with Gasteiger partial charge in [0.1, 0.15) is 0 Å². The first-order valence-corrected chi connectivity index (χ1v) is 8.65. The van der Waals surface area contributed by atoms with Crippen LogP contribution < -0.4 is 0 Å². The third-order valence-electron chi connectivity index (χ3n) is 4.90. The van der Waals surface area contributed by atoms with E-state index in [0.29, 0.717) is 12.0 Å². The van der Waals surface area contributed by atoms with E-state index in [1.165, 1.54) is 16.7 Å². The van der Waals surface area contributed by atoms with Crippen molar-refractivity contribution in [2.75, 3.05) is 6.61 Å². The van der Waals surface area contributed by atoms with Gasteiger partial charge in [-0.2, -0.15) is 0 Å². The second-order valence-electron chi connectivity index (χ2n) is 7.08. The molecule has 1 aliphatic rings. The van der Waals surface area contributed by atoms with E-state index < -0.39 is 0 Å². The van der Waals surface area contributed by atoms with Gasteiger partial charge in [0.15, 0.2) is 0 Å². The highest BCUT2D eigenvalue weighted by molar-refractivity contribution is 5.34. The summed E-state index contributed by atoms with van der Waals surface area (Å²) in [6, 6.07) is 19.7. The van der Waals surface area contributed by atoms with E-state index in [1.54, 1.807) is 0 Å². The van der Waals surface area contributed by atoms with E-state index in [4.69, 9.17) is 0 Å². The van der Waals surface area contributed by atoms with Gasteiger partial charge in [-0.15, -0.1) is 0 Å². The summed E-state index contributed by atoms with van der Waals surface area (Å²) in [6.07, 6.45) is 1.12. The maximum absolute atomic E-state index is 10.1. The third-order valence-corrected chi connectivity index (χ3v) is 4.90. The summed E-state index contributed by atoms with van der Waals surface area (Å²) in [5, 5.41) is 10.1. The van der Waals surface area contributed by atoms with Crippen LogP contribution in [-0.4, -0.2) is 22.7 Å². The van der Waals surface area contributed by atoms with E-state index >= 15 is 0 Å². The monoisotopic (exact) mass is 309 g/mol. The minimum absolute atomic E-state index is 0.214. The zero-order chi connectivity index (χ0) is 16.2. The predicted molar refractivity (Wildman–Crippen MR) is 95.2 cm³/mol. The number of nitrogens with zero attached hydrogens (tertiary/aromatic N) is 1. The number of benzene rings is 2. The summed E-state index contributed by atoms with van der Waals surface area (Å²) in [7, 11) is 0. The molecule has 1 heterocycles. The Hall–Kier alpha value is -1.64. The molecule has 2 aromatic carbocycles. The summed E-state index contributed by atoms with van der Waals surface area (Å²) in [4.78, 5) is 2.55. The molecule has 2 heteroatoms. The fraction of sp³-hybridized carbons (Fsp3) is 0.429. The van der Waals surface area contributed by atoms with Crippen LogP contribution >= 0.6 is 0 Å². The van der Waals surface area contributed by atoms with Crippen molar-refractivity contribution in [2.24, 2.45) is 5.92 Å². The Morgan fingerprint density at radius 3 is 2.43 bits per heavy atom. The summed E-state index contributed by atoms with van der Waals surface area (Å²) < 4.78 is 0. The Morgan fingerprint density at radius 2 is 1.74 bits per heavy atom. The number of aliphatic hydroxyl groups is 1. The van der Waals surface area contributed by atoms with E-state index in [1.807, 2.05) is 0 Å². The van der Waals surface area contributed by atoms with Crippen LogP contribution in [0.3, 0.4) is 0 Å². The van der Waals surface area contributed by atoms with Gasteiger partial charge >= 0.3 is 0 Å². The van der Waals surface area contributed by atoms with Crippen molar-refractivity contribution < 1.29 is 5.11 Å². The molecule has 0 saturated carbocycles. The molecule has 2 aromatic rings. The minimum Gasteiger partial charge on any atom is -0.396 e. The lowest BCUT2D eigenvalue weighted by Crippen LogP contribution is -2.44. The molecule has 0 bridgehead atoms. The Bertz CT molecular complexity index is 623. The first-order valence-electron chi connectivity index (χ1n) is 8.65. The average molecular weight is 309 g/mol. The molecule has 23 heavy (non-hydrogen) atoms. The van der Waals surface area contributed by atoms with Gasteiger partial charge in [0.2, 0.25) is 0 Å². The van der Waals surface area contributed by atoms with Crippen molar-refractivity contribution in [3.63, 3.8) is 0 Å². The van der Waals surface area contributed by atoms with E-state index in [0.717, 1.165) is 19.5 Å². The quantitative estimate of drug-likeness (QED) is 0.895. The molecule has 0 saturated heterocycles. The average Bonchev–Trinajstić information content (AvgIpc) is 2.56. The minimum atomic E-state index is 0.214. The van der Waals surface area contributed by atoms with Gasteiger partial charge in [0.25, 0.3) is 0 Å². The molecule has 2 nitrogen and oxygen atoms in total. The first-order chi connectivity index (χ1) is 11.2. The van der Waals surface area contributed by atoms with Crippen molar-refractivity contribution in [1.29, 1.82) is 0 Å². The molecule has 0 unspecified atom stereocenters. The standard InChI is InChI=1S/C21H27NO/c1-16(2)12-21-20(15-23)19-11-7-6-10-18(19)14-22(21)13-17-8-4-3-5-9-17/h3-11,16,20-21,23H,12-15H2,1-2H3/t20-,21-/m0/s1.